The third kappa shape index (κ3) is 6.94. The molecule has 0 heterocycles. The Bertz CT molecular complexity index is 136. The number of nitrogens with zero attached hydrogens (tertiary/aromatic N) is 1. The predicted octanol–water partition coefficient (Wildman–Crippen LogP) is 0.724. The number of carbonyl (C=O) groups excluding carboxylic acids is 1. The van der Waals surface area contributed by atoms with Gasteiger partial charge in [0.05, 0.1) is 0 Å². The van der Waals surface area contributed by atoms with Crippen LogP contribution in [0, 0.1) is 5.92 Å². The molecule has 0 unspecified atom stereocenters. The van der Waals surface area contributed by atoms with Crippen LogP contribution in [0.25, 0.3) is 0 Å². The van der Waals surface area contributed by atoms with Gasteiger partial charge in [0.1, 0.15) is 0 Å². The topological polar surface area (TPSA) is 64.7 Å². The fraction of sp³-hybridized carbons (Fsp3) is 0.600. The summed E-state index contributed by atoms with van der Waals surface area (Å²) >= 11 is 0. The van der Waals surface area contributed by atoms with Crippen molar-refractivity contribution >= 4 is 12.3 Å². The quantitative estimate of drug-likeness (QED) is 0.341. The molecule has 4 nitrogen and oxygen atoms in total. The lowest BCUT2D eigenvalue weighted by Gasteiger charge is -1.90. The molecule has 0 fully saturated rings. The van der Waals surface area contributed by atoms with Gasteiger partial charge >= 0.3 is 6.09 Å². The van der Waals surface area contributed by atoms with E-state index in [0.29, 0.717) is 0 Å². The van der Waals surface area contributed by atoms with Gasteiger partial charge in [-0.1, -0.05) is 19.0 Å². The molecule has 0 saturated carbocycles. The van der Waals surface area contributed by atoms with E-state index in [9.17, 15) is 4.79 Å². The fourth-order valence-corrected chi connectivity index (χ4v) is 0.200. The number of oxime groups is 1. The molecule has 0 rings (SSSR count). The van der Waals surface area contributed by atoms with Crippen LogP contribution in [-0.4, -0.2) is 12.3 Å². The number of nitrogens with two attached hydrogens (primary N) is 1. The first-order chi connectivity index (χ1) is 4.66. The number of primary amides is 1. The standard InChI is InChI=1S/C5H10N2O2/c1-4(2)3-7-9-5(6)8/h3-4H,1-2H3,(H2,6,8)/b7-3+/i/hD. The highest BCUT2D eigenvalue weighted by molar-refractivity contribution is 5.66. The summed E-state index contributed by atoms with van der Waals surface area (Å²) in [5.41, 5.74) is 1.51. The molecule has 0 aliphatic carbocycles. The van der Waals surface area contributed by atoms with Gasteiger partial charge in [0.15, 0.2) is 1.41 Å². The molecule has 0 atom stereocenters. The van der Waals surface area contributed by atoms with E-state index >= 15 is 0 Å². The van der Waals surface area contributed by atoms with Crippen LogP contribution < -0.4 is 5.73 Å². The normalized spacial score (nSPS) is 11.7. The van der Waals surface area contributed by atoms with Crippen LogP contribution in [0.2, 0.25) is 1.41 Å². The average Bonchev–Trinajstić information content (AvgIpc) is 1.87. The predicted molar refractivity (Wildman–Crippen MR) is 34.0 cm³/mol. The number of carbonyl (C=O) groups is 1. The zero-order chi connectivity index (χ0) is 7.98. The maximum Gasteiger partial charge on any atom is 0.430 e. The largest absolute Gasteiger partial charge is 0.430 e. The summed E-state index contributed by atoms with van der Waals surface area (Å²) in [5, 5.41) is 3.28. The number of hydrogen-bond donors (Lipinski definition) is 1. The van der Waals surface area contributed by atoms with E-state index in [1.54, 1.807) is 0 Å². The highest BCUT2D eigenvalue weighted by atomic mass is 16.7. The molecule has 1 amide bonds. The van der Waals surface area contributed by atoms with Crippen molar-refractivity contribution < 1.29 is 11.0 Å². The molecule has 0 aromatic heterocycles. The summed E-state index contributed by atoms with van der Waals surface area (Å²) in [5.74, 6) is 0.235. The zero-order valence-corrected chi connectivity index (χ0v) is 5.42. The molecule has 0 bridgehead atoms. The Morgan fingerprint density at radius 3 is 3.11 bits per heavy atom. The second-order valence-corrected chi connectivity index (χ2v) is 1.88. The van der Waals surface area contributed by atoms with Crippen LogP contribution in [0.4, 0.5) is 4.79 Å². The molecule has 4 heteroatoms. The van der Waals surface area contributed by atoms with E-state index in [2.05, 4.69) is 9.99 Å². The Balaban J connectivity index is 3.43. The van der Waals surface area contributed by atoms with Crippen LogP contribution in [0.5, 0.6) is 0 Å². The molecule has 0 radical (unpaired) electrons. The SMILES string of the molecule is [2H]NC(=O)O/N=C/C(C)C. The maximum atomic E-state index is 10.2. The molecule has 0 aliphatic heterocycles. The Hall–Kier alpha value is -1.06. The second kappa shape index (κ2) is 3.88. The summed E-state index contributed by atoms with van der Waals surface area (Å²) in [6.45, 7) is 3.79. The van der Waals surface area contributed by atoms with E-state index in [0.717, 1.165) is 0 Å². The Labute approximate surface area is 55.1 Å². The van der Waals surface area contributed by atoms with Crippen molar-refractivity contribution in [3.05, 3.63) is 0 Å². The van der Waals surface area contributed by atoms with Gasteiger partial charge in [0, 0.05) is 6.21 Å². The van der Waals surface area contributed by atoms with E-state index in [1.165, 1.54) is 11.9 Å². The van der Waals surface area contributed by atoms with Crippen molar-refractivity contribution in [2.75, 3.05) is 0 Å². The fourth-order valence-electron chi connectivity index (χ4n) is 0.200. The first-order valence-electron chi connectivity index (χ1n) is 3.09. The second-order valence-electron chi connectivity index (χ2n) is 1.88. The van der Waals surface area contributed by atoms with Crippen LogP contribution in [-0.2, 0) is 4.84 Å². The summed E-state index contributed by atoms with van der Waals surface area (Å²) in [7, 11) is 0. The van der Waals surface area contributed by atoms with Crippen molar-refractivity contribution in [2.24, 2.45) is 16.8 Å². The number of amides is 1. The Kier molecular flexibility index (Phi) is 2.62. The van der Waals surface area contributed by atoms with Gasteiger partial charge < -0.3 is 5.73 Å². The monoisotopic (exact) mass is 131 g/mol. The van der Waals surface area contributed by atoms with E-state index in [4.69, 9.17) is 1.41 Å². The molecule has 9 heavy (non-hydrogen) atoms. The van der Waals surface area contributed by atoms with Crippen LogP contribution in [0.15, 0.2) is 5.16 Å². The van der Waals surface area contributed by atoms with Crippen LogP contribution in [0.3, 0.4) is 0 Å². The van der Waals surface area contributed by atoms with Crippen molar-refractivity contribution in [1.82, 2.24) is 0 Å². The lowest BCUT2D eigenvalue weighted by molar-refractivity contribution is 0.162. The molecule has 0 aromatic rings. The van der Waals surface area contributed by atoms with Crippen molar-refractivity contribution in [1.29, 1.82) is 0 Å². The maximum absolute atomic E-state index is 10.2. The van der Waals surface area contributed by atoms with Crippen molar-refractivity contribution in [3.63, 3.8) is 0 Å². The molecule has 0 saturated heterocycles. The van der Waals surface area contributed by atoms with E-state index < -0.39 is 6.09 Å². The highest BCUT2D eigenvalue weighted by Gasteiger charge is 1.88. The highest BCUT2D eigenvalue weighted by Crippen LogP contribution is 1.85. The van der Waals surface area contributed by atoms with Gasteiger partial charge in [-0.3, -0.25) is 4.84 Å². The lowest BCUT2D eigenvalue weighted by atomic mass is 10.3. The van der Waals surface area contributed by atoms with Gasteiger partial charge in [0.2, 0.25) is 0 Å². The first-order valence-corrected chi connectivity index (χ1v) is 2.59. The van der Waals surface area contributed by atoms with Gasteiger partial charge in [-0.15, -0.1) is 0 Å². The van der Waals surface area contributed by atoms with Gasteiger partial charge in [-0.25, -0.2) is 4.79 Å². The van der Waals surface area contributed by atoms with Gasteiger partial charge in [0.25, 0.3) is 0 Å². The molecule has 0 spiro atoms. The summed E-state index contributed by atoms with van der Waals surface area (Å²) in [4.78, 5) is 14.3. The minimum atomic E-state index is -0.878. The van der Waals surface area contributed by atoms with Gasteiger partial charge in [-0.05, 0) is 5.92 Å². The Morgan fingerprint density at radius 1 is 2.00 bits per heavy atom. The number of hydrogen-bond acceptors (Lipinski definition) is 3. The summed E-state index contributed by atoms with van der Waals surface area (Å²) in [6.07, 6.45) is 0.590. The average molecular weight is 131 g/mol. The van der Waals surface area contributed by atoms with Crippen molar-refractivity contribution in [3.8, 4) is 0 Å². The van der Waals surface area contributed by atoms with Crippen molar-refractivity contribution in [2.45, 2.75) is 13.8 Å². The summed E-state index contributed by atoms with van der Waals surface area (Å²) in [6, 6.07) is 0. The molecule has 52 valence electrons. The van der Waals surface area contributed by atoms with Gasteiger partial charge in [-0.2, -0.15) is 0 Å². The van der Waals surface area contributed by atoms with Crippen LogP contribution >= 0.6 is 0 Å². The minimum absolute atomic E-state index is 0.235. The summed E-state index contributed by atoms with van der Waals surface area (Å²) < 4.78 is 6.30. The van der Waals surface area contributed by atoms with E-state index in [1.807, 2.05) is 13.8 Å². The Morgan fingerprint density at radius 2 is 2.67 bits per heavy atom. The molecule has 0 aromatic carbocycles. The molecular formula is C5H10N2O2. The van der Waals surface area contributed by atoms with Crippen LogP contribution in [0.1, 0.15) is 13.8 Å². The minimum Gasteiger partial charge on any atom is -0.333 e. The molecule has 0 aliphatic rings. The first kappa shape index (κ1) is 6.07. The molecular weight excluding hydrogens is 120 g/mol. The smallest absolute Gasteiger partial charge is 0.333 e. The third-order valence-electron chi connectivity index (χ3n) is 0.495. The zero-order valence-electron chi connectivity index (χ0n) is 6.42. The molecule has 2 N–H and O–H groups in total. The lowest BCUT2D eigenvalue weighted by Crippen LogP contribution is -2.09. The third-order valence-corrected chi connectivity index (χ3v) is 0.495. The number of rotatable bonds is 2. The van der Waals surface area contributed by atoms with E-state index in [-0.39, 0.29) is 5.92 Å².